The van der Waals surface area contributed by atoms with Crippen molar-refractivity contribution in [1.29, 1.82) is 0 Å². The second kappa shape index (κ2) is 14.0. The molecule has 228 valence electrons. The van der Waals surface area contributed by atoms with Crippen molar-refractivity contribution in [3.63, 3.8) is 0 Å². The minimum Gasteiger partial charge on any atom is -0.497 e. The van der Waals surface area contributed by atoms with Gasteiger partial charge < -0.3 is 24.8 Å². The standard InChI is InChI=1S/C32H31FN4O6S/c1-41-22-15-14-21(26(17-22)42-2)18-34-29(39)27-31(36-28(38)23-11-6-7-12-24(23)33)44-30(35-27)25-13-8-16-37(25)32(40)43-19-20-9-4-3-5-10-20/h3-7,9-12,14-15,17,25H,8,13,16,18-19H2,1-2H3,(H,34,39)(H,36,38)/t25-/m1/s1. The molecule has 1 saturated heterocycles. The van der Waals surface area contributed by atoms with Crippen LogP contribution in [0.15, 0.2) is 72.8 Å². The molecular formula is C32H31FN4O6S. The van der Waals surface area contributed by atoms with Crippen molar-refractivity contribution in [2.75, 3.05) is 26.1 Å². The molecule has 10 nitrogen and oxygen atoms in total. The number of aromatic nitrogens is 1. The lowest BCUT2D eigenvalue weighted by atomic mass is 10.2. The number of hydrogen-bond acceptors (Lipinski definition) is 8. The summed E-state index contributed by atoms with van der Waals surface area (Å²) < 4.78 is 30.6. The Morgan fingerprint density at radius 2 is 1.77 bits per heavy atom. The van der Waals surface area contributed by atoms with Crippen molar-refractivity contribution >= 4 is 34.2 Å². The normalized spacial score (nSPS) is 14.2. The van der Waals surface area contributed by atoms with Crippen LogP contribution in [-0.4, -0.2) is 48.6 Å². The first kappa shape index (κ1) is 30.5. The van der Waals surface area contributed by atoms with Crippen molar-refractivity contribution in [2.24, 2.45) is 0 Å². The Morgan fingerprint density at radius 1 is 1.00 bits per heavy atom. The summed E-state index contributed by atoms with van der Waals surface area (Å²) in [6.07, 6.45) is 0.806. The average Bonchev–Trinajstić information content (AvgIpc) is 3.71. The molecular weight excluding hydrogens is 587 g/mol. The first-order chi connectivity index (χ1) is 21.4. The van der Waals surface area contributed by atoms with E-state index in [1.807, 2.05) is 30.3 Å². The van der Waals surface area contributed by atoms with E-state index in [-0.39, 0.29) is 29.4 Å². The Morgan fingerprint density at radius 3 is 2.52 bits per heavy atom. The summed E-state index contributed by atoms with van der Waals surface area (Å²) in [5, 5.41) is 6.07. The highest BCUT2D eigenvalue weighted by atomic mass is 32.1. The van der Waals surface area contributed by atoms with Crippen LogP contribution in [0.3, 0.4) is 0 Å². The van der Waals surface area contributed by atoms with Crippen LogP contribution in [0.4, 0.5) is 14.2 Å². The predicted molar refractivity (Wildman–Crippen MR) is 162 cm³/mol. The second-order valence-corrected chi connectivity index (χ2v) is 10.9. The third kappa shape index (κ3) is 6.97. The Balaban J connectivity index is 1.38. The van der Waals surface area contributed by atoms with Crippen LogP contribution in [0.25, 0.3) is 0 Å². The summed E-state index contributed by atoms with van der Waals surface area (Å²) in [5.74, 6) is -0.870. The lowest BCUT2D eigenvalue weighted by molar-refractivity contribution is 0.0919. The molecule has 12 heteroatoms. The van der Waals surface area contributed by atoms with Crippen LogP contribution >= 0.6 is 11.3 Å². The molecule has 0 unspecified atom stereocenters. The molecule has 1 aliphatic rings. The largest absolute Gasteiger partial charge is 0.497 e. The minimum absolute atomic E-state index is 0.0494. The van der Waals surface area contributed by atoms with E-state index in [0.29, 0.717) is 41.5 Å². The molecule has 1 aliphatic heterocycles. The van der Waals surface area contributed by atoms with Gasteiger partial charge >= 0.3 is 6.09 Å². The van der Waals surface area contributed by atoms with Crippen LogP contribution < -0.4 is 20.1 Å². The monoisotopic (exact) mass is 618 g/mol. The third-order valence-electron chi connectivity index (χ3n) is 7.12. The maximum absolute atomic E-state index is 14.4. The summed E-state index contributed by atoms with van der Waals surface area (Å²) in [5.41, 5.74) is 1.32. The number of carbonyl (C=O) groups is 3. The summed E-state index contributed by atoms with van der Waals surface area (Å²) in [6, 6.07) is 19.7. The van der Waals surface area contributed by atoms with Gasteiger partial charge in [0.05, 0.1) is 25.8 Å². The van der Waals surface area contributed by atoms with Gasteiger partial charge in [-0.25, -0.2) is 14.2 Å². The van der Waals surface area contributed by atoms with E-state index in [2.05, 4.69) is 15.6 Å². The molecule has 44 heavy (non-hydrogen) atoms. The van der Waals surface area contributed by atoms with Crippen molar-refractivity contribution in [3.05, 3.63) is 106 Å². The molecule has 4 aromatic rings. The topological polar surface area (TPSA) is 119 Å². The van der Waals surface area contributed by atoms with Gasteiger partial charge in [0.1, 0.15) is 33.9 Å². The van der Waals surface area contributed by atoms with Crippen molar-refractivity contribution in [2.45, 2.75) is 32.0 Å². The zero-order valence-corrected chi connectivity index (χ0v) is 25.0. The fourth-order valence-corrected chi connectivity index (χ4v) is 5.94. The Labute approximate surface area is 257 Å². The van der Waals surface area contributed by atoms with E-state index >= 15 is 0 Å². The number of amides is 3. The number of halogens is 1. The van der Waals surface area contributed by atoms with E-state index in [1.54, 1.807) is 36.3 Å². The smallest absolute Gasteiger partial charge is 0.410 e. The highest BCUT2D eigenvalue weighted by molar-refractivity contribution is 7.16. The highest BCUT2D eigenvalue weighted by Crippen LogP contribution is 2.38. The molecule has 0 saturated carbocycles. The quantitative estimate of drug-likeness (QED) is 0.225. The Hall–Kier alpha value is -4.97. The van der Waals surface area contributed by atoms with Crippen LogP contribution in [0.5, 0.6) is 11.5 Å². The first-order valence-corrected chi connectivity index (χ1v) is 14.7. The van der Waals surface area contributed by atoms with Crippen molar-refractivity contribution < 1.29 is 33.0 Å². The Kier molecular flexibility index (Phi) is 9.70. The number of hydrogen-bond donors (Lipinski definition) is 2. The van der Waals surface area contributed by atoms with E-state index in [4.69, 9.17) is 14.2 Å². The van der Waals surface area contributed by atoms with E-state index in [9.17, 15) is 18.8 Å². The molecule has 1 fully saturated rings. The van der Waals surface area contributed by atoms with Crippen LogP contribution in [0.2, 0.25) is 0 Å². The average molecular weight is 619 g/mol. The summed E-state index contributed by atoms with van der Waals surface area (Å²) in [4.78, 5) is 45.8. The molecule has 2 N–H and O–H groups in total. The van der Waals surface area contributed by atoms with Gasteiger partial charge in [0.2, 0.25) is 0 Å². The van der Waals surface area contributed by atoms with Gasteiger partial charge in [-0.2, -0.15) is 0 Å². The number of anilines is 1. The van der Waals surface area contributed by atoms with Crippen molar-refractivity contribution in [3.8, 4) is 11.5 Å². The Bertz CT molecular complexity index is 1650. The number of likely N-dealkylation sites (tertiary alicyclic amines) is 1. The van der Waals surface area contributed by atoms with Gasteiger partial charge in [-0.05, 0) is 42.7 Å². The van der Waals surface area contributed by atoms with E-state index in [1.165, 1.54) is 25.3 Å². The van der Waals surface area contributed by atoms with Gasteiger partial charge in [0.25, 0.3) is 11.8 Å². The molecule has 0 spiro atoms. The number of carbonyl (C=O) groups excluding carboxylic acids is 3. The molecule has 3 amide bonds. The predicted octanol–water partition coefficient (Wildman–Crippen LogP) is 5.96. The summed E-state index contributed by atoms with van der Waals surface area (Å²) >= 11 is 1.07. The lowest BCUT2D eigenvalue weighted by Crippen LogP contribution is -2.31. The SMILES string of the molecule is COc1ccc(CNC(=O)c2nc([C@H]3CCCN3C(=O)OCc3ccccc3)sc2NC(=O)c2ccccc2F)c(OC)c1. The fraction of sp³-hybridized carbons (Fsp3) is 0.250. The van der Waals surface area contributed by atoms with E-state index in [0.717, 1.165) is 16.9 Å². The first-order valence-electron chi connectivity index (χ1n) is 13.9. The third-order valence-corrected chi connectivity index (χ3v) is 8.19. The molecule has 0 bridgehead atoms. The number of nitrogens with zero attached hydrogens (tertiary/aromatic N) is 2. The minimum atomic E-state index is -0.727. The molecule has 1 aromatic heterocycles. The highest BCUT2D eigenvalue weighted by Gasteiger charge is 2.35. The van der Waals surface area contributed by atoms with Crippen LogP contribution in [-0.2, 0) is 17.9 Å². The summed E-state index contributed by atoms with van der Waals surface area (Å²) in [7, 11) is 3.06. The van der Waals surface area contributed by atoms with Gasteiger partial charge in [0.15, 0.2) is 5.69 Å². The zero-order valence-electron chi connectivity index (χ0n) is 24.2. The fourth-order valence-electron chi connectivity index (χ4n) is 4.83. The molecule has 0 radical (unpaired) electrons. The maximum Gasteiger partial charge on any atom is 0.410 e. The maximum atomic E-state index is 14.4. The van der Waals surface area contributed by atoms with Gasteiger partial charge in [-0.15, -0.1) is 0 Å². The van der Waals surface area contributed by atoms with Gasteiger partial charge in [-0.1, -0.05) is 53.8 Å². The number of ether oxygens (including phenoxy) is 3. The number of benzene rings is 3. The van der Waals surface area contributed by atoms with Crippen molar-refractivity contribution in [1.82, 2.24) is 15.2 Å². The second-order valence-electron chi connectivity index (χ2n) is 9.92. The van der Waals surface area contributed by atoms with E-state index < -0.39 is 29.8 Å². The molecule has 0 aliphatic carbocycles. The molecule has 5 rings (SSSR count). The van der Waals surface area contributed by atoms with Crippen LogP contribution in [0, 0.1) is 5.82 Å². The number of methoxy groups -OCH3 is 2. The number of rotatable bonds is 10. The molecule has 2 heterocycles. The molecule has 1 atom stereocenters. The zero-order chi connectivity index (χ0) is 31.1. The number of thiazole rings is 1. The number of nitrogens with one attached hydrogen (secondary N) is 2. The molecule has 3 aromatic carbocycles. The van der Waals surface area contributed by atoms with Gasteiger partial charge in [-0.3, -0.25) is 14.5 Å². The van der Waals surface area contributed by atoms with Gasteiger partial charge in [0, 0.05) is 24.7 Å². The summed E-state index contributed by atoms with van der Waals surface area (Å²) in [6.45, 7) is 0.668. The lowest BCUT2D eigenvalue weighted by Gasteiger charge is -2.22. The van der Waals surface area contributed by atoms with Crippen LogP contribution in [0.1, 0.15) is 55.9 Å².